The Hall–Kier alpha value is -2.03. The maximum atomic E-state index is 12.0. The molecule has 0 aliphatic heterocycles. The molecule has 1 aliphatic carbocycles. The minimum absolute atomic E-state index is 0.105. The molecule has 3 heteroatoms. The number of amides is 1. The van der Waals surface area contributed by atoms with Gasteiger partial charge in [-0.1, -0.05) is 36.8 Å². The molecule has 1 saturated carbocycles. The fraction of sp³-hybridized carbons (Fsp3) is 0.389. The molecule has 2 aromatic rings. The van der Waals surface area contributed by atoms with Crippen LogP contribution in [-0.2, 0) is 16.6 Å². The highest BCUT2D eigenvalue weighted by Crippen LogP contribution is 2.43. The standard InChI is InChI=1S/C18H21NO2/c20-17(10-9-16-8-4-13-21-16)19-14-18(11-5-12-18)15-6-2-1-3-7-15/h1-4,6-8,13H,5,9-12,14H2,(H,19,20). The second kappa shape index (κ2) is 6.17. The van der Waals surface area contributed by atoms with Gasteiger partial charge in [0.1, 0.15) is 5.76 Å². The van der Waals surface area contributed by atoms with Crippen molar-refractivity contribution in [2.24, 2.45) is 0 Å². The number of aryl methyl sites for hydroxylation is 1. The van der Waals surface area contributed by atoms with Crippen LogP contribution in [0.25, 0.3) is 0 Å². The lowest BCUT2D eigenvalue weighted by Crippen LogP contribution is -2.45. The van der Waals surface area contributed by atoms with Gasteiger partial charge in [0, 0.05) is 24.8 Å². The first-order valence-electron chi connectivity index (χ1n) is 7.63. The van der Waals surface area contributed by atoms with Crippen LogP contribution in [0.15, 0.2) is 53.1 Å². The van der Waals surface area contributed by atoms with Crippen LogP contribution in [0.4, 0.5) is 0 Å². The minimum Gasteiger partial charge on any atom is -0.469 e. The molecule has 110 valence electrons. The first-order valence-corrected chi connectivity index (χ1v) is 7.63. The molecule has 1 aromatic heterocycles. The Morgan fingerprint density at radius 2 is 1.95 bits per heavy atom. The van der Waals surface area contributed by atoms with Crippen LogP contribution < -0.4 is 5.32 Å². The predicted octanol–water partition coefficient (Wildman–Crippen LogP) is 3.45. The third kappa shape index (κ3) is 3.18. The van der Waals surface area contributed by atoms with Crippen LogP contribution in [0.2, 0.25) is 0 Å². The number of furan rings is 1. The summed E-state index contributed by atoms with van der Waals surface area (Å²) in [5.41, 5.74) is 1.50. The number of carbonyl (C=O) groups excluding carboxylic acids is 1. The van der Waals surface area contributed by atoms with Crippen molar-refractivity contribution in [3.05, 3.63) is 60.1 Å². The Labute approximate surface area is 125 Å². The first-order chi connectivity index (χ1) is 10.3. The summed E-state index contributed by atoms with van der Waals surface area (Å²) in [7, 11) is 0. The molecule has 0 atom stereocenters. The van der Waals surface area contributed by atoms with Gasteiger partial charge in [0.25, 0.3) is 0 Å². The summed E-state index contributed by atoms with van der Waals surface area (Å²) in [4.78, 5) is 12.0. The molecule has 0 bridgehead atoms. The molecule has 0 spiro atoms. The van der Waals surface area contributed by atoms with E-state index in [1.54, 1.807) is 6.26 Å². The average molecular weight is 283 g/mol. The van der Waals surface area contributed by atoms with Gasteiger partial charge in [-0.25, -0.2) is 0 Å². The zero-order valence-corrected chi connectivity index (χ0v) is 12.2. The van der Waals surface area contributed by atoms with Gasteiger partial charge in [-0.05, 0) is 30.5 Å². The number of nitrogens with one attached hydrogen (secondary N) is 1. The van der Waals surface area contributed by atoms with E-state index in [2.05, 4.69) is 29.6 Å². The van der Waals surface area contributed by atoms with Crippen LogP contribution in [0, 0.1) is 0 Å². The molecular weight excluding hydrogens is 262 g/mol. The largest absolute Gasteiger partial charge is 0.469 e. The number of hydrogen-bond donors (Lipinski definition) is 1. The maximum Gasteiger partial charge on any atom is 0.220 e. The smallest absolute Gasteiger partial charge is 0.220 e. The van der Waals surface area contributed by atoms with Crippen molar-refractivity contribution in [1.82, 2.24) is 5.32 Å². The Balaban J connectivity index is 1.52. The highest BCUT2D eigenvalue weighted by atomic mass is 16.3. The second-order valence-electron chi connectivity index (χ2n) is 5.86. The molecule has 1 N–H and O–H groups in total. The van der Waals surface area contributed by atoms with Crippen molar-refractivity contribution in [3.63, 3.8) is 0 Å². The number of hydrogen-bond acceptors (Lipinski definition) is 2. The quantitative estimate of drug-likeness (QED) is 0.882. The van der Waals surface area contributed by atoms with Gasteiger partial charge in [0.15, 0.2) is 0 Å². The average Bonchev–Trinajstić information content (AvgIpc) is 2.98. The lowest BCUT2D eigenvalue weighted by atomic mass is 9.64. The van der Waals surface area contributed by atoms with E-state index < -0.39 is 0 Å². The Morgan fingerprint density at radius 3 is 2.57 bits per heavy atom. The number of rotatable bonds is 6. The van der Waals surface area contributed by atoms with Crippen LogP contribution in [-0.4, -0.2) is 12.5 Å². The highest BCUT2D eigenvalue weighted by molar-refractivity contribution is 5.76. The van der Waals surface area contributed by atoms with Crippen LogP contribution in [0.5, 0.6) is 0 Å². The fourth-order valence-electron chi connectivity index (χ4n) is 3.01. The lowest BCUT2D eigenvalue weighted by molar-refractivity contribution is -0.121. The van der Waals surface area contributed by atoms with Crippen molar-refractivity contribution < 1.29 is 9.21 Å². The Kier molecular flexibility index (Phi) is 4.09. The monoisotopic (exact) mass is 283 g/mol. The van der Waals surface area contributed by atoms with Gasteiger partial charge in [0.05, 0.1) is 6.26 Å². The summed E-state index contributed by atoms with van der Waals surface area (Å²) in [6.07, 6.45) is 6.36. The van der Waals surface area contributed by atoms with Gasteiger partial charge in [-0.3, -0.25) is 4.79 Å². The fourth-order valence-corrected chi connectivity index (χ4v) is 3.01. The molecule has 1 aromatic carbocycles. The van der Waals surface area contributed by atoms with E-state index in [-0.39, 0.29) is 11.3 Å². The zero-order valence-electron chi connectivity index (χ0n) is 12.2. The molecule has 1 aliphatic rings. The molecule has 3 nitrogen and oxygen atoms in total. The Bertz CT molecular complexity index is 571. The van der Waals surface area contributed by atoms with Crippen LogP contribution in [0.3, 0.4) is 0 Å². The first kappa shape index (κ1) is 13.9. The van der Waals surface area contributed by atoms with Crippen LogP contribution in [0.1, 0.15) is 37.0 Å². The van der Waals surface area contributed by atoms with Crippen molar-refractivity contribution in [3.8, 4) is 0 Å². The topological polar surface area (TPSA) is 42.2 Å². The zero-order chi connectivity index (χ0) is 14.5. The SMILES string of the molecule is O=C(CCc1ccco1)NCC1(c2ccccc2)CCC1. The molecule has 3 rings (SSSR count). The Morgan fingerprint density at radius 1 is 1.14 bits per heavy atom. The summed E-state index contributed by atoms with van der Waals surface area (Å²) < 4.78 is 5.25. The van der Waals surface area contributed by atoms with Gasteiger partial charge in [0.2, 0.25) is 5.91 Å². The maximum absolute atomic E-state index is 12.0. The van der Waals surface area contributed by atoms with Gasteiger partial charge >= 0.3 is 0 Å². The van der Waals surface area contributed by atoms with E-state index in [9.17, 15) is 4.79 Å². The van der Waals surface area contributed by atoms with E-state index in [0.29, 0.717) is 12.8 Å². The van der Waals surface area contributed by atoms with Crippen molar-refractivity contribution in [2.45, 2.75) is 37.5 Å². The molecule has 1 fully saturated rings. The summed E-state index contributed by atoms with van der Waals surface area (Å²) in [6, 6.07) is 14.3. The molecule has 1 amide bonds. The van der Waals surface area contributed by atoms with E-state index in [1.165, 1.54) is 12.0 Å². The van der Waals surface area contributed by atoms with Crippen molar-refractivity contribution in [2.75, 3.05) is 6.54 Å². The lowest BCUT2D eigenvalue weighted by Gasteiger charge is -2.42. The molecule has 0 saturated heterocycles. The predicted molar refractivity (Wildman–Crippen MR) is 82.0 cm³/mol. The molecule has 0 radical (unpaired) electrons. The summed E-state index contributed by atoms with van der Waals surface area (Å²) >= 11 is 0. The van der Waals surface area contributed by atoms with Gasteiger partial charge in [-0.15, -0.1) is 0 Å². The third-order valence-electron chi connectivity index (χ3n) is 4.50. The molecule has 0 unspecified atom stereocenters. The molecule has 1 heterocycles. The second-order valence-corrected chi connectivity index (χ2v) is 5.86. The summed E-state index contributed by atoms with van der Waals surface area (Å²) in [5.74, 6) is 0.972. The molecular formula is C18H21NO2. The van der Waals surface area contributed by atoms with Crippen molar-refractivity contribution in [1.29, 1.82) is 0 Å². The van der Waals surface area contributed by atoms with Gasteiger partial charge in [-0.2, -0.15) is 0 Å². The van der Waals surface area contributed by atoms with Crippen molar-refractivity contribution >= 4 is 5.91 Å². The van der Waals surface area contributed by atoms with E-state index in [0.717, 1.165) is 25.1 Å². The normalized spacial score (nSPS) is 16.2. The van der Waals surface area contributed by atoms with Crippen LogP contribution >= 0.6 is 0 Å². The molecule has 21 heavy (non-hydrogen) atoms. The summed E-state index contributed by atoms with van der Waals surface area (Å²) in [6.45, 7) is 0.744. The minimum atomic E-state index is 0.105. The number of benzene rings is 1. The van der Waals surface area contributed by atoms with E-state index in [1.807, 2.05) is 18.2 Å². The number of carbonyl (C=O) groups is 1. The highest BCUT2D eigenvalue weighted by Gasteiger charge is 2.38. The van der Waals surface area contributed by atoms with E-state index in [4.69, 9.17) is 4.42 Å². The third-order valence-corrected chi connectivity index (χ3v) is 4.50. The van der Waals surface area contributed by atoms with E-state index >= 15 is 0 Å². The summed E-state index contributed by atoms with van der Waals surface area (Å²) in [5, 5.41) is 3.11. The van der Waals surface area contributed by atoms with Gasteiger partial charge < -0.3 is 9.73 Å².